The molecule has 0 bridgehead atoms. The first-order valence-electron chi connectivity index (χ1n) is 7.06. The van der Waals surface area contributed by atoms with Crippen molar-refractivity contribution in [3.05, 3.63) is 13.8 Å². The maximum atomic E-state index is 11.3. The molecule has 1 rings (SSSR count). The Bertz CT molecular complexity index is 350. The molecule has 0 saturated heterocycles. The van der Waals surface area contributed by atoms with Gasteiger partial charge in [0.1, 0.15) is 5.78 Å². The SMILES string of the molecule is [CH-]=O.[CH2-]C(=O)CC(C)C.[CH2-]C1CC(CC(=O)C(C)C)N=N1.[W+2].[Y]. The van der Waals surface area contributed by atoms with E-state index in [1.165, 1.54) is 0 Å². The summed E-state index contributed by atoms with van der Waals surface area (Å²) in [4.78, 5) is 29.2. The van der Waals surface area contributed by atoms with Gasteiger partial charge >= 0.3 is 21.1 Å². The van der Waals surface area contributed by atoms with Gasteiger partial charge in [0.2, 0.25) is 0 Å². The number of azo groups is 1. The molecule has 0 aromatic heterocycles. The number of ketones is 2. The number of rotatable bonds is 5. The van der Waals surface area contributed by atoms with Crippen LogP contribution in [0.5, 0.6) is 0 Å². The van der Waals surface area contributed by atoms with Gasteiger partial charge in [-0.15, -0.1) is 0 Å². The van der Waals surface area contributed by atoms with Crippen LogP contribution in [0.2, 0.25) is 0 Å². The van der Waals surface area contributed by atoms with Crippen molar-refractivity contribution in [2.45, 2.75) is 59.0 Å². The van der Waals surface area contributed by atoms with Crippen LogP contribution < -0.4 is 0 Å². The minimum absolute atomic E-state index is 0. The van der Waals surface area contributed by atoms with Crippen LogP contribution in [-0.4, -0.2) is 30.4 Å². The molecular formula is C16H27N2O3WY-. The second kappa shape index (κ2) is 18.6. The summed E-state index contributed by atoms with van der Waals surface area (Å²) >= 11 is 0. The average Bonchev–Trinajstić information content (AvgIpc) is 2.76. The standard InChI is InChI=1S/C9H15N2O.C6H11O.CHO.W.Y/c1-6(2)9(12)5-8-4-7(3)10-11-8;1-5(2)4-6(3)7;1-2;;/h6-8H,3-5H2,1-2H3;5H,3-4H2,1-2H3;1H;;/q3*-1;+2;. The predicted octanol–water partition coefficient (Wildman–Crippen LogP) is 3.19. The van der Waals surface area contributed by atoms with E-state index in [1.807, 2.05) is 27.7 Å². The van der Waals surface area contributed by atoms with Gasteiger partial charge in [-0.05, 0) is 24.5 Å². The molecule has 129 valence electrons. The number of hydrogen-bond acceptors (Lipinski definition) is 5. The fraction of sp³-hybridized carbons (Fsp3) is 0.688. The zero-order valence-corrected chi connectivity index (χ0v) is 20.3. The zero-order chi connectivity index (χ0) is 17.0. The van der Waals surface area contributed by atoms with Crippen LogP contribution >= 0.6 is 0 Å². The number of carbonyl (C=O) groups excluding carboxylic acids is 3. The Morgan fingerprint density at radius 1 is 1.17 bits per heavy atom. The number of carbonyl (C=O) groups is 2. The molecule has 1 radical (unpaired) electrons. The summed E-state index contributed by atoms with van der Waals surface area (Å²) in [6, 6.07) is 0.164. The Morgan fingerprint density at radius 2 is 1.65 bits per heavy atom. The fourth-order valence-corrected chi connectivity index (χ4v) is 1.64. The molecule has 2 atom stereocenters. The van der Waals surface area contributed by atoms with E-state index in [1.54, 1.807) is 0 Å². The molecule has 1 heterocycles. The van der Waals surface area contributed by atoms with E-state index >= 15 is 0 Å². The van der Waals surface area contributed by atoms with Crippen molar-refractivity contribution in [2.24, 2.45) is 22.1 Å². The largest absolute Gasteiger partial charge is 2.00 e. The summed E-state index contributed by atoms with van der Waals surface area (Å²) in [7, 11) is 0. The summed E-state index contributed by atoms with van der Waals surface area (Å²) in [5, 5.41) is 7.87. The third-order valence-electron chi connectivity index (χ3n) is 2.65. The molecule has 0 aromatic rings. The first kappa shape index (κ1) is 31.1. The Kier molecular flexibility index (Phi) is 25.1. The minimum Gasteiger partial charge on any atom is -0.545 e. The Labute approximate surface area is 180 Å². The van der Waals surface area contributed by atoms with Crippen molar-refractivity contribution in [2.75, 3.05) is 0 Å². The van der Waals surface area contributed by atoms with Crippen LogP contribution in [0, 0.1) is 25.7 Å². The van der Waals surface area contributed by atoms with Crippen LogP contribution in [0.3, 0.4) is 0 Å². The van der Waals surface area contributed by atoms with Gasteiger partial charge in [0, 0.05) is 45.0 Å². The maximum absolute atomic E-state index is 11.3. The van der Waals surface area contributed by atoms with Gasteiger partial charge in [-0.25, -0.2) is 5.11 Å². The zero-order valence-electron chi connectivity index (χ0n) is 14.5. The quantitative estimate of drug-likeness (QED) is 0.378. The van der Waals surface area contributed by atoms with E-state index in [2.05, 4.69) is 30.9 Å². The third kappa shape index (κ3) is 20.2. The van der Waals surface area contributed by atoms with Crippen LogP contribution in [0.25, 0.3) is 0 Å². The monoisotopic (exact) mass is 568 g/mol. The molecule has 23 heavy (non-hydrogen) atoms. The topological polar surface area (TPSA) is 75.9 Å². The molecule has 5 nitrogen and oxygen atoms in total. The molecule has 1 aliphatic heterocycles. The first-order valence-corrected chi connectivity index (χ1v) is 7.06. The van der Waals surface area contributed by atoms with E-state index < -0.39 is 0 Å². The van der Waals surface area contributed by atoms with Crippen molar-refractivity contribution in [3.8, 4) is 0 Å². The second-order valence-corrected chi connectivity index (χ2v) is 5.74. The number of Topliss-reactive ketones (excluding diaryl/α,β-unsaturated/α-hetero) is 2. The molecule has 0 aliphatic carbocycles. The summed E-state index contributed by atoms with van der Waals surface area (Å²) < 4.78 is 0. The van der Waals surface area contributed by atoms with Crippen LogP contribution in [0.1, 0.15) is 47.0 Å². The molecule has 0 fully saturated rings. The Balaban J connectivity index is -0.000000144. The Morgan fingerprint density at radius 3 is 1.87 bits per heavy atom. The Hall–Kier alpha value is 0.272. The normalized spacial score (nSPS) is 17.9. The van der Waals surface area contributed by atoms with Gasteiger partial charge in [-0.2, -0.15) is 5.11 Å². The third-order valence-corrected chi connectivity index (χ3v) is 2.65. The van der Waals surface area contributed by atoms with E-state index in [9.17, 15) is 9.59 Å². The van der Waals surface area contributed by atoms with Crippen molar-refractivity contribution < 1.29 is 68.2 Å². The fourth-order valence-electron chi connectivity index (χ4n) is 1.64. The minimum atomic E-state index is 0. The van der Waals surface area contributed by atoms with Gasteiger partial charge in [0.25, 0.3) is 0 Å². The van der Waals surface area contributed by atoms with E-state index in [0.29, 0.717) is 18.8 Å². The summed E-state index contributed by atoms with van der Waals surface area (Å²) in [5.74, 6) is 0.886. The molecule has 0 saturated carbocycles. The van der Waals surface area contributed by atoms with Gasteiger partial charge in [0.15, 0.2) is 0 Å². The molecule has 0 N–H and O–H groups in total. The smallest absolute Gasteiger partial charge is 0.545 e. The molecule has 7 heteroatoms. The molecule has 0 amide bonds. The van der Waals surface area contributed by atoms with Crippen molar-refractivity contribution >= 4 is 18.4 Å². The van der Waals surface area contributed by atoms with E-state index in [-0.39, 0.29) is 83.3 Å². The molecule has 1 aliphatic rings. The van der Waals surface area contributed by atoms with Gasteiger partial charge in [0.05, 0.1) is 6.04 Å². The molecule has 0 spiro atoms. The second-order valence-electron chi connectivity index (χ2n) is 5.74. The number of hydrogen-bond donors (Lipinski definition) is 0. The van der Waals surface area contributed by atoms with Crippen LogP contribution in [0.4, 0.5) is 0 Å². The summed E-state index contributed by atoms with van der Waals surface area (Å²) in [6.45, 7) is 18.1. The predicted molar refractivity (Wildman–Crippen MR) is 83.4 cm³/mol. The van der Waals surface area contributed by atoms with E-state index in [4.69, 9.17) is 4.79 Å². The van der Waals surface area contributed by atoms with E-state index in [0.717, 1.165) is 6.42 Å². The molecular weight excluding hydrogens is 541 g/mol. The molecule has 0 aromatic carbocycles. The van der Waals surface area contributed by atoms with Crippen LogP contribution in [-0.2, 0) is 68.2 Å². The maximum Gasteiger partial charge on any atom is 2.00 e. The van der Waals surface area contributed by atoms with Crippen molar-refractivity contribution in [3.63, 3.8) is 0 Å². The van der Waals surface area contributed by atoms with Gasteiger partial charge < -0.3 is 23.4 Å². The van der Waals surface area contributed by atoms with Gasteiger partial charge in [-0.1, -0.05) is 33.7 Å². The number of nitrogens with zero attached hydrogens (tertiary/aromatic N) is 2. The summed E-state index contributed by atoms with van der Waals surface area (Å²) in [5.41, 5.74) is 0. The van der Waals surface area contributed by atoms with Crippen molar-refractivity contribution in [1.82, 2.24) is 0 Å². The first-order chi connectivity index (χ1) is 9.72. The van der Waals surface area contributed by atoms with Crippen LogP contribution in [0.15, 0.2) is 10.2 Å². The van der Waals surface area contributed by atoms with Crippen molar-refractivity contribution in [1.29, 1.82) is 0 Å². The average molecular weight is 568 g/mol. The van der Waals surface area contributed by atoms with Gasteiger partial charge in [-0.3, -0.25) is 11.6 Å². The molecule has 2 unspecified atom stereocenters. The summed E-state index contributed by atoms with van der Waals surface area (Å²) in [6.07, 6.45) is 1.98.